The number of aromatic hydroxyl groups is 1. The first kappa shape index (κ1) is 73.9. The molecule has 99 heavy (non-hydrogen) atoms. The third kappa shape index (κ3) is 20.7. The highest BCUT2D eigenvalue weighted by Crippen LogP contribution is 2.40. The van der Waals surface area contributed by atoms with Crippen LogP contribution in [-0.4, -0.2) is 128 Å². The summed E-state index contributed by atoms with van der Waals surface area (Å²) in [4.78, 5) is 12.5. The van der Waals surface area contributed by atoms with Crippen LogP contribution in [0.4, 0.5) is 17.1 Å². The average molecular weight is 1450 g/mol. The number of rotatable bonds is 23. The van der Waals surface area contributed by atoms with Crippen LogP contribution in [0.3, 0.4) is 0 Å². The summed E-state index contributed by atoms with van der Waals surface area (Å²) in [6, 6.07) is 84.4. The second-order valence-corrected chi connectivity index (χ2v) is 28.5. The van der Waals surface area contributed by atoms with Crippen LogP contribution in [0.25, 0.3) is 33.4 Å². The molecule has 516 valence electrons. The number of halogens is 2. The standard InChI is InChI=1S/C30H35BrN2O.C30H36N2O2.C28H30BrNO/c1-23(2)32-18-20-33(21-19-32)28-16-12-26(13-17-28)30(25-10-14-27(31)15-11-25)29(9-6-22-34)24-7-4-3-5-8-24;1-23(2)31-18-20-32(21-19-31)27-14-10-25(11-15-27)30(26-12-16-28(34)17-13-26)29(9-6-22-33)24-7-4-3-5-8-24;29-25-15-11-23(12-16-25)28(27(10-7-21-31)22-8-3-1-4-9-22)24-13-17-26(18-14-24)30-19-5-2-6-20-30/h3-5,7-8,10-17,23,34H,6,9,18-22H2,1-2H3;3-5,7-8,10-17,23,33-34H,6,9,18-22H2,1-2H3;1,3-4,8-9,11-18,31H,2,5-7,10,19-21H2/b30-29-;30-29+;28-27-. The van der Waals surface area contributed by atoms with Gasteiger partial charge in [0.2, 0.25) is 0 Å². The van der Waals surface area contributed by atoms with Gasteiger partial charge >= 0.3 is 0 Å². The fraction of sp³-hybridized carbons (Fsp3) is 0.318. The minimum absolute atomic E-state index is 0.153. The van der Waals surface area contributed by atoms with Gasteiger partial charge in [-0.05, 0) is 242 Å². The fourth-order valence-corrected chi connectivity index (χ4v) is 14.5. The van der Waals surface area contributed by atoms with E-state index in [1.54, 1.807) is 12.1 Å². The van der Waals surface area contributed by atoms with Gasteiger partial charge in [0.1, 0.15) is 5.75 Å². The zero-order chi connectivity index (χ0) is 69.3. The lowest BCUT2D eigenvalue weighted by Gasteiger charge is -2.38. The van der Waals surface area contributed by atoms with Crippen LogP contribution >= 0.6 is 31.9 Å². The second-order valence-electron chi connectivity index (χ2n) is 26.6. The van der Waals surface area contributed by atoms with Gasteiger partial charge in [-0.15, -0.1) is 0 Å². The summed E-state index contributed by atoms with van der Waals surface area (Å²) in [5.41, 5.74) is 21.9. The van der Waals surface area contributed by atoms with Crippen molar-refractivity contribution in [1.82, 2.24) is 9.80 Å². The molecule has 12 rings (SSSR count). The summed E-state index contributed by atoms with van der Waals surface area (Å²) >= 11 is 7.16. The van der Waals surface area contributed by atoms with Gasteiger partial charge in [0.25, 0.3) is 0 Å². The Balaban J connectivity index is 0.000000161. The number of piperidine rings is 1. The van der Waals surface area contributed by atoms with Crippen LogP contribution in [0, 0.1) is 0 Å². The van der Waals surface area contributed by atoms with Crippen LogP contribution in [-0.2, 0) is 0 Å². The molecule has 9 nitrogen and oxygen atoms in total. The molecule has 0 amide bonds. The number of aliphatic hydroxyl groups is 3. The fourth-order valence-electron chi connectivity index (χ4n) is 14.0. The van der Waals surface area contributed by atoms with Crippen molar-refractivity contribution in [3.05, 3.63) is 296 Å². The van der Waals surface area contributed by atoms with E-state index in [2.05, 4.69) is 290 Å². The minimum Gasteiger partial charge on any atom is -0.508 e. The molecule has 3 aliphatic heterocycles. The molecule has 9 aromatic carbocycles. The van der Waals surface area contributed by atoms with Crippen LogP contribution in [0.1, 0.15) is 136 Å². The summed E-state index contributed by atoms with van der Waals surface area (Å²) < 4.78 is 2.15. The Morgan fingerprint density at radius 2 is 0.556 bits per heavy atom. The largest absolute Gasteiger partial charge is 0.508 e. The van der Waals surface area contributed by atoms with E-state index in [4.69, 9.17) is 0 Å². The summed E-state index contributed by atoms with van der Waals surface area (Å²) in [5.74, 6) is 0.260. The van der Waals surface area contributed by atoms with Gasteiger partial charge < -0.3 is 35.1 Å². The second kappa shape index (κ2) is 38.1. The number of benzene rings is 9. The monoisotopic (exact) mass is 1450 g/mol. The lowest BCUT2D eigenvalue weighted by molar-refractivity contribution is 0.209. The minimum atomic E-state index is 0.153. The number of hydrogen-bond acceptors (Lipinski definition) is 9. The molecule has 0 atom stereocenters. The third-order valence-electron chi connectivity index (χ3n) is 19.5. The zero-order valence-corrected chi connectivity index (χ0v) is 61.7. The first-order chi connectivity index (χ1) is 48.4. The lowest BCUT2D eigenvalue weighted by Crippen LogP contribution is -2.48. The molecule has 3 heterocycles. The van der Waals surface area contributed by atoms with Crippen molar-refractivity contribution >= 4 is 82.4 Å². The Kier molecular flexibility index (Phi) is 28.4. The number of phenolic OH excluding ortho intramolecular Hbond substituents is 1. The van der Waals surface area contributed by atoms with Gasteiger partial charge in [-0.3, -0.25) is 9.80 Å². The van der Waals surface area contributed by atoms with E-state index >= 15 is 0 Å². The maximum Gasteiger partial charge on any atom is 0.115 e. The average Bonchev–Trinajstić information content (AvgIpc) is 0.824. The van der Waals surface area contributed by atoms with Crippen molar-refractivity contribution in [3.8, 4) is 5.75 Å². The van der Waals surface area contributed by atoms with Crippen molar-refractivity contribution in [1.29, 1.82) is 0 Å². The van der Waals surface area contributed by atoms with Crippen LogP contribution in [0.2, 0.25) is 0 Å². The third-order valence-corrected chi connectivity index (χ3v) is 20.5. The summed E-state index contributed by atoms with van der Waals surface area (Å²) in [7, 11) is 0. The van der Waals surface area contributed by atoms with Crippen molar-refractivity contribution in [3.63, 3.8) is 0 Å². The van der Waals surface area contributed by atoms with Gasteiger partial charge in [-0.25, -0.2) is 0 Å². The molecule has 0 unspecified atom stereocenters. The molecule has 0 saturated carbocycles. The molecule has 3 fully saturated rings. The molecule has 11 heteroatoms. The molecule has 0 spiro atoms. The highest BCUT2D eigenvalue weighted by Gasteiger charge is 2.24. The molecule has 0 aromatic heterocycles. The summed E-state index contributed by atoms with van der Waals surface area (Å²) in [6.45, 7) is 20.6. The Morgan fingerprint density at radius 1 is 0.303 bits per heavy atom. The van der Waals surface area contributed by atoms with E-state index in [1.165, 1.54) is 97.6 Å². The van der Waals surface area contributed by atoms with E-state index in [0.29, 0.717) is 18.5 Å². The van der Waals surface area contributed by atoms with Gasteiger partial charge in [0, 0.05) is 123 Å². The van der Waals surface area contributed by atoms with Gasteiger partial charge in [0.05, 0.1) is 0 Å². The summed E-state index contributed by atoms with van der Waals surface area (Å²) in [5, 5.41) is 38.7. The Hall–Kier alpha value is -7.84. The lowest BCUT2D eigenvalue weighted by atomic mass is 9.87. The van der Waals surface area contributed by atoms with Gasteiger partial charge in [-0.2, -0.15) is 0 Å². The zero-order valence-electron chi connectivity index (χ0n) is 58.5. The van der Waals surface area contributed by atoms with E-state index in [0.717, 1.165) is 129 Å². The molecule has 9 aromatic rings. The Bertz CT molecular complexity index is 3780. The predicted octanol–water partition coefficient (Wildman–Crippen LogP) is 19.5. The van der Waals surface area contributed by atoms with E-state index < -0.39 is 0 Å². The quantitative estimate of drug-likeness (QED) is 0.0467. The number of allylic oxidation sites excluding steroid dienone is 3. The maximum atomic E-state index is 9.88. The van der Waals surface area contributed by atoms with Crippen LogP contribution in [0.5, 0.6) is 5.75 Å². The van der Waals surface area contributed by atoms with Crippen LogP contribution in [0.15, 0.2) is 246 Å². The maximum absolute atomic E-state index is 9.88. The topological polar surface area (TPSA) is 97.1 Å². The molecule has 3 aliphatic rings. The molecular weight excluding hydrogens is 1350 g/mol. The van der Waals surface area contributed by atoms with Crippen molar-refractivity contribution < 1.29 is 20.4 Å². The highest BCUT2D eigenvalue weighted by atomic mass is 79.9. The van der Waals surface area contributed by atoms with E-state index in [-0.39, 0.29) is 25.6 Å². The molecular formula is C88H101Br2N5O4. The van der Waals surface area contributed by atoms with E-state index in [9.17, 15) is 20.4 Å². The molecule has 0 radical (unpaired) electrons. The van der Waals surface area contributed by atoms with Crippen LogP contribution < -0.4 is 14.7 Å². The first-order valence-electron chi connectivity index (χ1n) is 35.9. The number of hydrogen-bond donors (Lipinski definition) is 4. The smallest absolute Gasteiger partial charge is 0.115 e. The number of aliphatic hydroxyl groups excluding tert-OH is 3. The first-order valence-corrected chi connectivity index (χ1v) is 37.5. The van der Waals surface area contributed by atoms with E-state index in [1.807, 2.05) is 18.2 Å². The van der Waals surface area contributed by atoms with Crippen molar-refractivity contribution in [2.24, 2.45) is 0 Å². The SMILES string of the molecule is CC(C)N1CCN(c2ccc(/C(=C(/CCCO)c3ccccc3)c3ccc(Br)cc3)cc2)CC1.CC(C)N1CCN(c2ccc(/C(=C(/CCCO)c3ccccc3)c3ccc(O)cc3)cc2)CC1.OCCC/C(=C(\c1ccc(Br)cc1)c1ccc(N2CCCCC2)cc1)c1ccccc1. The number of piperazine rings is 2. The van der Waals surface area contributed by atoms with Crippen molar-refractivity contribution in [2.45, 2.75) is 97.6 Å². The normalized spacial score (nSPS) is 15.3. The molecule has 4 N–H and O–H groups in total. The van der Waals surface area contributed by atoms with Crippen molar-refractivity contribution in [2.75, 3.05) is 100.0 Å². The Morgan fingerprint density at radius 3 is 0.818 bits per heavy atom. The molecule has 0 bridgehead atoms. The highest BCUT2D eigenvalue weighted by molar-refractivity contribution is 9.10. The molecule has 3 saturated heterocycles. The number of nitrogens with zero attached hydrogens (tertiary/aromatic N) is 5. The van der Waals surface area contributed by atoms with Gasteiger partial charge in [0.15, 0.2) is 0 Å². The predicted molar refractivity (Wildman–Crippen MR) is 426 cm³/mol. The van der Waals surface area contributed by atoms with Gasteiger partial charge in [-0.1, -0.05) is 196 Å². The molecule has 0 aliphatic carbocycles. The Labute approximate surface area is 607 Å². The number of anilines is 3. The number of phenols is 1. The summed E-state index contributed by atoms with van der Waals surface area (Å²) in [6.07, 6.45) is 8.52.